The predicted octanol–water partition coefficient (Wildman–Crippen LogP) is 2.46. The van der Waals surface area contributed by atoms with Crippen LogP contribution in [0.2, 0.25) is 0 Å². The molecule has 0 fully saturated rings. The van der Waals surface area contributed by atoms with Crippen LogP contribution in [-0.4, -0.2) is 33.8 Å². The zero-order valence-corrected chi connectivity index (χ0v) is 14.1. The number of carbonyl (C=O) groups excluding carboxylic acids is 1. The number of rotatable bonds is 8. The largest absolute Gasteiger partial charge is 0.372 e. The molecule has 1 heterocycles. The van der Waals surface area contributed by atoms with Gasteiger partial charge in [-0.3, -0.25) is 4.79 Å². The van der Waals surface area contributed by atoms with Gasteiger partial charge in [-0.2, -0.15) is 0 Å². The van der Waals surface area contributed by atoms with Gasteiger partial charge in [-0.1, -0.05) is 6.92 Å². The fourth-order valence-electron chi connectivity index (χ4n) is 2.50. The summed E-state index contributed by atoms with van der Waals surface area (Å²) in [6, 6.07) is 7.74. The third-order valence-corrected chi connectivity index (χ3v) is 3.81. The van der Waals surface area contributed by atoms with Crippen molar-refractivity contribution in [2.75, 3.05) is 18.0 Å². The lowest BCUT2D eigenvalue weighted by Crippen LogP contribution is -2.25. The van der Waals surface area contributed by atoms with E-state index in [1.165, 1.54) is 0 Å². The monoisotopic (exact) mass is 315 g/mol. The van der Waals surface area contributed by atoms with E-state index in [4.69, 9.17) is 0 Å². The predicted molar refractivity (Wildman–Crippen MR) is 91.5 cm³/mol. The van der Waals surface area contributed by atoms with Crippen molar-refractivity contribution in [3.05, 3.63) is 42.0 Å². The molecule has 6 nitrogen and oxygen atoms in total. The first-order chi connectivity index (χ1) is 11.2. The fraction of sp³-hybridized carbons (Fsp3) is 0.471. The molecule has 0 aliphatic heterocycles. The molecular weight excluding hydrogens is 290 g/mol. The van der Waals surface area contributed by atoms with Crippen LogP contribution in [0, 0.1) is 0 Å². The quantitative estimate of drug-likeness (QED) is 0.813. The maximum absolute atomic E-state index is 12.2. The van der Waals surface area contributed by atoms with Crippen LogP contribution in [0.3, 0.4) is 0 Å². The van der Waals surface area contributed by atoms with Crippen molar-refractivity contribution in [1.82, 2.24) is 20.1 Å². The summed E-state index contributed by atoms with van der Waals surface area (Å²) in [6.07, 6.45) is 2.78. The average molecular weight is 315 g/mol. The van der Waals surface area contributed by atoms with Crippen LogP contribution < -0.4 is 10.2 Å². The molecule has 0 aliphatic carbocycles. The minimum atomic E-state index is -0.0965. The van der Waals surface area contributed by atoms with E-state index in [0.29, 0.717) is 12.1 Å². The SMILES string of the molecule is CCCN(CC)c1ccc(C(=O)NCc2nncn2CC)cc1. The van der Waals surface area contributed by atoms with Crippen molar-refractivity contribution in [3.8, 4) is 0 Å². The number of aromatic nitrogens is 3. The summed E-state index contributed by atoms with van der Waals surface area (Å²) in [4.78, 5) is 14.5. The first kappa shape index (κ1) is 17.0. The Balaban J connectivity index is 1.97. The maximum Gasteiger partial charge on any atom is 0.251 e. The number of amides is 1. The smallest absolute Gasteiger partial charge is 0.251 e. The van der Waals surface area contributed by atoms with Crippen LogP contribution in [0.15, 0.2) is 30.6 Å². The number of anilines is 1. The molecule has 0 aliphatic rings. The fourth-order valence-corrected chi connectivity index (χ4v) is 2.50. The summed E-state index contributed by atoms with van der Waals surface area (Å²) >= 11 is 0. The summed E-state index contributed by atoms with van der Waals surface area (Å²) in [7, 11) is 0. The molecule has 0 saturated carbocycles. The van der Waals surface area contributed by atoms with Gasteiger partial charge in [0.05, 0.1) is 6.54 Å². The molecule has 1 N–H and O–H groups in total. The Bertz CT molecular complexity index is 620. The molecule has 1 aromatic carbocycles. The van der Waals surface area contributed by atoms with Gasteiger partial charge in [0.2, 0.25) is 0 Å². The molecule has 0 radical (unpaired) electrons. The minimum Gasteiger partial charge on any atom is -0.372 e. The molecule has 1 aromatic heterocycles. The van der Waals surface area contributed by atoms with E-state index in [1.807, 2.05) is 35.8 Å². The number of hydrogen-bond acceptors (Lipinski definition) is 4. The zero-order chi connectivity index (χ0) is 16.7. The number of carbonyl (C=O) groups is 1. The topological polar surface area (TPSA) is 63.1 Å². The van der Waals surface area contributed by atoms with Crippen LogP contribution in [0.1, 0.15) is 43.4 Å². The van der Waals surface area contributed by atoms with E-state index in [1.54, 1.807) is 6.33 Å². The van der Waals surface area contributed by atoms with E-state index in [2.05, 4.69) is 34.3 Å². The summed E-state index contributed by atoms with van der Waals surface area (Å²) < 4.78 is 1.91. The second-order valence-electron chi connectivity index (χ2n) is 5.34. The number of hydrogen-bond donors (Lipinski definition) is 1. The van der Waals surface area contributed by atoms with E-state index in [9.17, 15) is 4.79 Å². The molecule has 0 bridgehead atoms. The van der Waals surface area contributed by atoms with E-state index in [-0.39, 0.29) is 5.91 Å². The van der Waals surface area contributed by atoms with E-state index < -0.39 is 0 Å². The van der Waals surface area contributed by atoms with Gasteiger partial charge in [-0.25, -0.2) is 0 Å². The zero-order valence-electron chi connectivity index (χ0n) is 14.1. The Morgan fingerprint density at radius 3 is 2.57 bits per heavy atom. The Morgan fingerprint density at radius 1 is 1.22 bits per heavy atom. The van der Waals surface area contributed by atoms with Crippen molar-refractivity contribution >= 4 is 11.6 Å². The lowest BCUT2D eigenvalue weighted by molar-refractivity contribution is 0.0949. The first-order valence-electron chi connectivity index (χ1n) is 8.19. The van der Waals surface area contributed by atoms with Gasteiger partial charge in [-0.05, 0) is 44.5 Å². The molecule has 23 heavy (non-hydrogen) atoms. The highest BCUT2D eigenvalue weighted by molar-refractivity contribution is 5.94. The highest BCUT2D eigenvalue weighted by Crippen LogP contribution is 2.15. The average Bonchev–Trinajstić information content (AvgIpc) is 3.05. The number of nitrogens with one attached hydrogen (secondary N) is 1. The van der Waals surface area contributed by atoms with Crippen molar-refractivity contribution in [1.29, 1.82) is 0 Å². The summed E-state index contributed by atoms with van der Waals surface area (Å²) in [6.45, 7) is 9.48. The molecular formula is C17H25N5O. The van der Waals surface area contributed by atoms with Crippen molar-refractivity contribution in [3.63, 3.8) is 0 Å². The van der Waals surface area contributed by atoms with Gasteiger partial charge < -0.3 is 14.8 Å². The van der Waals surface area contributed by atoms with Gasteiger partial charge in [0.15, 0.2) is 5.82 Å². The van der Waals surface area contributed by atoms with Crippen LogP contribution in [0.5, 0.6) is 0 Å². The molecule has 0 atom stereocenters. The second-order valence-corrected chi connectivity index (χ2v) is 5.34. The van der Waals surface area contributed by atoms with Gasteiger partial charge in [0, 0.05) is 30.9 Å². The molecule has 0 spiro atoms. The first-order valence-corrected chi connectivity index (χ1v) is 8.19. The van der Waals surface area contributed by atoms with Crippen LogP contribution in [-0.2, 0) is 13.1 Å². The van der Waals surface area contributed by atoms with Crippen molar-refractivity contribution in [2.45, 2.75) is 40.3 Å². The second kappa shape index (κ2) is 8.31. The molecule has 124 valence electrons. The molecule has 6 heteroatoms. The number of benzene rings is 1. The molecule has 0 saturated heterocycles. The Morgan fingerprint density at radius 2 is 1.96 bits per heavy atom. The molecule has 1 amide bonds. The summed E-state index contributed by atoms with van der Waals surface area (Å²) in [5, 5.41) is 10.8. The van der Waals surface area contributed by atoms with Gasteiger partial charge >= 0.3 is 0 Å². The standard InChI is InChI=1S/C17H25N5O/c1-4-11-21(5-2)15-9-7-14(8-10-15)17(23)18-12-16-20-19-13-22(16)6-3/h7-10,13H,4-6,11-12H2,1-3H3,(H,18,23). The van der Waals surface area contributed by atoms with E-state index >= 15 is 0 Å². The third kappa shape index (κ3) is 4.31. The minimum absolute atomic E-state index is 0.0965. The Hall–Kier alpha value is -2.37. The number of nitrogens with zero attached hydrogens (tertiary/aromatic N) is 4. The lowest BCUT2D eigenvalue weighted by atomic mass is 10.1. The Labute approximate surface area is 137 Å². The molecule has 0 unspecified atom stereocenters. The number of aryl methyl sites for hydroxylation is 1. The van der Waals surface area contributed by atoms with Crippen LogP contribution >= 0.6 is 0 Å². The van der Waals surface area contributed by atoms with Crippen LogP contribution in [0.4, 0.5) is 5.69 Å². The van der Waals surface area contributed by atoms with Gasteiger partial charge in [0.1, 0.15) is 6.33 Å². The Kier molecular flexibility index (Phi) is 6.14. The maximum atomic E-state index is 12.2. The summed E-state index contributed by atoms with van der Waals surface area (Å²) in [5.74, 6) is 0.665. The van der Waals surface area contributed by atoms with E-state index in [0.717, 1.165) is 37.6 Å². The summed E-state index contributed by atoms with van der Waals surface area (Å²) in [5.41, 5.74) is 1.81. The molecule has 2 rings (SSSR count). The molecule has 2 aromatic rings. The normalized spacial score (nSPS) is 10.6. The highest BCUT2D eigenvalue weighted by atomic mass is 16.1. The lowest BCUT2D eigenvalue weighted by Gasteiger charge is -2.22. The van der Waals surface area contributed by atoms with Crippen molar-refractivity contribution in [2.24, 2.45) is 0 Å². The van der Waals surface area contributed by atoms with Gasteiger partial charge in [0.25, 0.3) is 5.91 Å². The third-order valence-electron chi connectivity index (χ3n) is 3.81. The van der Waals surface area contributed by atoms with Crippen LogP contribution in [0.25, 0.3) is 0 Å². The highest BCUT2D eigenvalue weighted by Gasteiger charge is 2.09. The van der Waals surface area contributed by atoms with Gasteiger partial charge in [-0.15, -0.1) is 10.2 Å². The van der Waals surface area contributed by atoms with Crippen molar-refractivity contribution < 1.29 is 4.79 Å².